The molecule has 1 fully saturated rings. The molecule has 0 radical (unpaired) electrons. The number of hydrogen-bond donors (Lipinski definition) is 0. The van der Waals surface area contributed by atoms with E-state index in [1.54, 1.807) is 0 Å². The Morgan fingerprint density at radius 1 is 0.897 bits per heavy atom. The third-order valence-electron chi connectivity index (χ3n) is 6.30. The van der Waals surface area contributed by atoms with E-state index in [4.69, 9.17) is 9.47 Å². The predicted molar refractivity (Wildman–Crippen MR) is 117 cm³/mol. The fourth-order valence-electron chi connectivity index (χ4n) is 3.08. The first kappa shape index (κ1) is 25.9. The molecule has 1 aliphatic rings. The van der Waals surface area contributed by atoms with E-state index >= 15 is 0 Å². The summed E-state index contributed by atoms with van der Waals surface area (Å²) in [5, 5.41) is 0. The van der Waals surface area contributed by atoms with Gasteiger partial charge in [-0.2, -0.15) is 0 Å². The van der Waals surface area contributed by atoms with Gasteiger partial charge in [0.05, 0.1) is 26.1 Å². The maximum Gasteiger partial charge on any atom is 0.307 e. The molecular weight excluding hydrogens is 368 g/mol. The molecule has 29 heavy (non-hydrogen) atoms. The van der Waals surface area contributed by atoms with Crippen LogP contribution in [0, 0.1) is 11.3 Å². The van der Waals surface area contributed by atoms with Gasteiger partial charge in [0.15, 0.2) is 0 Å². The topological polar surface area (TPSA) is 59.1 Å². The van der Waals surface area contributed by atoms with Crippen molar-refractivity contribution in [3.05, 3.63) is 0 Å². The van der Waals surface area contributed by atoms with E-state index in [2.05, 4.69) is 44.4 Å². The first-order valence-electron chi connectivity index (χ1n) is 11.5. The molecule has 0 saturated carbocycles. The molecule has 0 spiro atoms. The number of rotatable bonds is 14. The van der Waals surface area contributed by atoms with E-state index in [0.717, 1.165) is 65.0 Å². The van der Waals surface area contributed by atoms with Crippen molar-refractivity contribution in [2.45, 2.75) is 73.1 Å². The molecule has 1 unspecified atom stereocenters. The molecule has 0 amide bonds. The Kier molecular flexibility index (Phi) is 12.5. The Morgan fingerprint density at radius 2 is 1.38 bits per heavy atom. The summed E-state index contributed by atoms with van der Waals surface area (Å²) in [6.07, 6.45) is 4.98. The van der Waals surface area contributed by atoms with Crippen molar-refractivity contribution in [3.63, 3.8) is 0 Å². The summed E-state index contributed by atoms with van der Waals surface area (Å²) >= 11 is 0. The van der Waals surface area contributed by atoms with E-state index in [9.17, 15) is 9.59 Å². The van der Waals surface area contributed by atoms with Gasteiger partial charge in [-0.25, -0.2) is 0 Å². The minimum absolute atomic E-state index is 0.0928. The lowest BCUT2D eigenvalue weighted by atomic mass is 9.87. The Balaban J connectivity index is 2.08. The number of ether oxygens (including phenoxy) is 2. The first-order valence-corrected chi connectivity index (χ1v) is 11.5. The minimum Gasteiger partial charge on any atom is -0.466 e. The van der Waals surface area contributed by atoms with Crippen LogP contribution in [0.1, 0.15) is 73.1 Å². The summed E-state index contributed by atoms with van der Waals surface area (Å²) in [7, 11) is 0. The summed E-state index contributed by atoms with van der Waals surface area (Å²) in [5.41, 5.74) is 0.233. The standard InChI is InChI=1S/C23H44N2O4/c1-6-20(3)10-18-28-21(26)8-12-24-14-16-25(17-15-24)13-9-22(27)29-19-11-23(4,5)7-2/h20H,6-19H2,1-5H3. The normalized spacial score (nSPS) is 17.1. The number of nitrogens with zero attached hydrogens (tertiary/aromatic N) is 2. The molecule has 0 aliphatic carbocycles. The van der Waals surface area contributed by atoms with Gasteiger partial charge < -0.3 is 19.3 Å². The van der Waals surface area contributed by atoms with Crippen LogP contribution in [-0.2, 0) is 19.1 Å². The number of carbonyl (C=O) groups is 2. The second kappa shape index (κ2) is 14.0. The molecule has 0 aromatic heterocycles. The van der Waals surface area contributed by atoms with E-state index in [1.807, 2.05) is 0 Å². The molecule has 0 aromatic carbocycles. The van der Waals surface area contributed by atoms with Crippen molar-refractivity contribution in [3.8, 4) is 0 Å². The summed E-state index contributed by atoms with van der Waals surface area (Å²) in [4.78, 5) is 28.4. The molecule has 0 bridgehead atoms. The van der Waals surface area contributed by atoms with Crippen LogP contribution in [-0.4, -0.2) is 74.2 Å². The molecule has 6 heteroatoms. The first-order chi connectivity index (χ1) is 13.8. The lowest BCUT2D eigenvalue weighted by molar-refractivity contribution is -0.146. The highest BCUT2D eigenvalue weighted by molar-refractivity contribution is 5.69. The van der Waals surface area contributed by atoms with Gasteiger partial charge in [-0.1, -0.05) is 47.5 Å². The van der Waals surface area contributed by atoms with Crippen LogP contribution >= 0.6 is 0 Å². The highest BCUT2D eigenvalue weighted by atomic mass is 16.5. The molecule has 1 rings (SSSR count). The Morgan fingerprint density at radius 3 is 1.83 bits per heavy atom. The molecule has 170 valence electrons. The Bertz CT molecular complexity index is 473. The highest BCUT2D eigenvalue weighted by Crippen LogP contribution is 2.24. The van der Waals surface area contributed by atoms with Gasteiger partial charge >= 0.3 is 11.9 Å². The van der Waals surface area contributed by atoms with Crippen LogP contribution in [0.3, 0.4) is 0 Å². The third kappa shape index (κ3) is 12.2. The monoisotopic (exact) mass is 412 g/mol. The van der Waals surface area contributed by atoms with Gasteiger partial charge in [0.2, 0.25) is 0 Å². The molecule has 0 aromatic rings. The molecule has 1 aliphatic heterocycles. The molecule has 1 saturated heterocycles. The fourth-order valence-corrected chi connectivity index (χ4v) is 3.08. The number of piperazine rings is 1. The van der Waals surface area contributed by atoms with Gasteiger partial charge in [0, 0.05) is 39.3 Å². The van der Waals surface area contributed by atoms with Gasteiger partial charge in [0.1, 0.15) is 0 Å². The second-order valence-corrected chi connectivity index (χ2v) is 9.19. The largest absolute Gasteiger partial charge is 0.466 e. The Labute approximate surface area is 178 Å². The van der Waals surface area contributed by atoms with E-state index in [-0.39, 0.29) is 17.4 Å². The molecule has 1 heterocycles. The smallest absolute Gasteiger partial charge is 0.307 e. The van der Waals surface area contributed by atoms with Crippen LogP contribution in [0.5, 0.6) is 0 Å². The Hall–Kier alpha value is -1.14. The SMILES string of the molecule is CCC(C)CCOC(=O)CCN1CCN(CCC(=O)OCCC(C)(C)CC)CC1. The van der Waals surface area contributed by atoms with Gasteiger partial charge in [-0.15, -0.1) is 0 Å². The van der Waals surface area contributed by atoms with Crippen LogP contribution in [0.15, 0.2) is 0 Å². The molecule has 6 nitrogen and oxygen atoms in total. The van der Waals surface area contributed by atoms with Gasteiger partial charge in [-0.3, -0.25) is 9.59 Å². The zero-order chi connectivity index (χ0) is 21.7. The molecule has 0 N–H and O–H groups in total. The van der Waals surface area contributed by atoms with Crippen LogP contribution in [0.25, 0.3) is 0 Å². The van der Waals surface area contributed by atoms with Crippen molar-refractivity contribution in [1.82, 2.24) is 9.80 Å². The van der Waals surface area contributed by atoms with Crippen LogP contribution in [0.2, 0.25) is 0 Å². The summed E-state index contributed by atoms with van der Waals surface area (Å²) in [6.45, 7) is 17.2. The molecule has 1 atom stereocenters. The fraction of sp³-hybridized carbons (Fsp3) is 0.913. The van der Waals surface area contributed by atoms with Gasteiger partial charge in [-0.05, 0) is 24.2 Å². The number of carbonyl (C=O) groups excluding carboxylic acids is 2. The minimum atomic E-state index is -0.0977. The quantitative estimate of drug-likeness (QED) is 0.405. The number of esters is 2. The van der Waals surface area contributed by atoms with E-state index < -0.39 is 0 Å². The summed E-state index contributed by atoms with van der Waals surface area (Å²) < 4.78 is 10.7. The second-order valence-electron chi connectivity index (χ2n) is 9.19. The average Bonchev–Trinajstić information content (AvgIpc) is 2.71. The van der Waals surface area contributed by atoms with Gasteiger partial charge in [0.25, 0.3) is 0 Å². The predicted octanol–water partition coefficient (Wildman–Crippen LogP) is 3.73. The number of hydrogen-bond acceptors (Lipinski definition) is 6. The average molecular weight is 413 g/mol. The third-order valence-corrected chi connectivity index (χ3v) is 6.30. The maximum atomic E-state index is 11.9. The molecular formula is C23H44N2O4. The van der Waals surface area contributed by atoms with Crippen LogP contribution in [0.4, 0.5) is 0 Å². The maximum absolute atomic E-state index is 11.9. The van der Waals surface area contributed by atoms with Crippen molar-refractivity contribution in [2.24, 2.45) is 11.3 Å². The lowest BCUT2D eigenvalue weighted by Crippen LogP contribution is -2.47. The van der Waals surface area contributed by atoms with Crippen molar-refractivity contribution in [1.29, 1.82) is 0 Å². The van der Waals surface area contributed by atoms with Crippen molar-refractivity contribution < 1.29 is 19.1 Å². The summed E-state index contributed by atoms with van der Waals surface area (Å²) in [6, 6.07) is 0. The lowest BCUT2D eigenvalue weighted by Gasteiger charge is -2.34. The van der Waals surface area contributed by atoms with Crippen molar-refractivity contribution in [2.75, 3.05) is 52.5 Å². The zero-order valence-electron chi connectivity index (χ0n) is 19.5. The highest BCUT2D eigenvalue weighted by Gasteiger charge is 2.19. The summed E-state index contributed by atoms with van der Waals surface area (Å²) in [5.74, 6) is 0.417. The van der Waals surface area contributed by atoms with E-state index in [0.29, 0.717) is 32.0 Å². The van der Waals surface area contributed by atoms with E-state index in [1.165, 1.54) is 0 Å². The zero-order valence-corrected chi connectivity index (χ0v) is 19.5. The van der Waals surface area contributed by atoms with Crippen molar-refractivity contribution >= 4 is 11.9 Å². The van der Waals surface area contributed by atoms with Crippen LogP contribution < -0.4 is 0 Å².